The highest BCUT2D eigenvalue weighted by atomic mass is 35.5. The minimum absolute atomic E-state index is 0.217. The SMILES string of the molecule is O=c1c(=Cc2ccc(-c3ccccc3Cl)o2)sc2nc(-c3ccccc3)nn12. The first kappa shape index (κ1) is 16.9. The van der Waals surface area contributed by atoms with Gasteiger partial charge in [-0.15, -0.1) is 5.10 Å². The second-order valence-electron chi connectivity index (χ2n) is 6.09. The molecule has 3 heterocycles. The van der Waals surface area contributed by atoms with Crippen LogP contribution >= 0.6 is 22.9 Å². The van der Waals surface area contributed by atoms with Crippen LogP contribution in [0.15, 0.2) is 75.9 Å². The second kappa shape index (κ2) is 6.74. The van der Waals surface area contributed by atoms with Gasteiger partial charge in [0.05, 0.1) is 5.02 Å². The summed E-state index contributed by atoms with van der Waals surface area (Å²) in [7, 11) is 0. The van der Waals surface area contributed by atoms with Crippen LogP contribution in [0.5, 0.6) is 0 Å². The van der Waals surface area contributed by atoms with Crippen molar-refractivity contribution in [2.24, 2.45) is 0 Å². The molecular weight excluding hydrogens is 394 g/mol. The third-order valence-electron chi connectivity index (χ3n) is 4.25. The Balaban J connectivity index is 1.54. The van der Waals surface area contributed by atoms with E-state index >= 15 is 0 Å². The third kappa shape index (κ3) is 2.93. The van der Waals surface area contributed by atoms with Crippen LogP contribution in [-0.2, 0) is 0 Å². The fourth-order valence-electron chi connectivity index (χ4n) is 2.91. The lowest BCUT2D eigenvalue weighted by atomic mass is 10.2. The Morgan fingerprint density at radius 3 is 2.57 bits per heavy atom. The molecule has 28 heavy (non-hydrogen) atoms. The predicted molar refractivity (Wildman–Crippen MR) is 111 cm³/mol. The van der Waals surface area contributed by atoms with Crippen molar-refractivity contribution in [1.82, 2.24) is 14.6 Å². The minimum atomic E-state index is -0.217. The molecule has 0 saturated heterocycles. The van der Waals surface area contributed by atoms with Crippen molar-refractivity contribution in [2.45, 2.75) is 0 Å². The Hall–Kier alpha value is -3.22. The number of halogens is 1. The van der Waals surface area contributed by atoms with Gasteiger partial charge in [0.25, 0.3) is 5.56 Å². The van der Waals surface area contributed by atoms with E-state index < -0.39 is 0 Å². The Bertz CT molecular complexity index is 1400. The smallest absolute Gasteiger partial charge is 0.291 e. The number of furan rings is 1. The first-order chi connectivity index (χ1) is 13.7. The predicted octanol–water partition coefficient (Wildman–Crippen LogP) is 4.28. The van der Waals surface area contributed by atoms with Crippen LogP contribution < -0.4 is 10.1 Å². The molecule has 5 rings (SSSR count). The number of aromatic nitrogens is 3. The lowest BCUT2D eigenvalue weighted by molar-refractivity contribution is 0.571. The first-order valence-corrected chi connectivity index (χ1v) is 9.70. The molecule has 0 radical (unpaired) electrons. The summed E-state index contributed by atoms with van der Waals surface area (Å²) >= 11 is 7.50. The van der Waals surface area contributed by atoms with Gasteiger partial charge in [-0.2, -0.15) is 9.50 Å². The van der Waals surface area contributed by atoms with E-state index in [2.05, 4.69) is 10.1 Å². The molecule has 5 nitrogen and oxygen atoms in total. The summed E-state index contributed by atoms with van der Waals surface area (Å²) in [6, 6.07) is 20.7. The molecule has 0 saturated carbocycles. The van der Waals surface area contributed by atoms with Gasteiger partial charge in [0.1, 0.15) is 16.1 Å². The molecule has 0 bridgehead atoms. The third-order valence-corrected chi connectivity index (χ3v) is 5.54. The van der Waals surface area contributed by atoms with Gasteiger partial charge in [-0.25, -0.2) is 0 Å². The monoisotopic (exact) mass is 405 g/mol. The number of rotatable bonds is 3. The van der Waals surface area contributed by atoms with Crippen LogP contribution in [0.4, 0.5) is 0 Å². The normalized spacial score (nSPS) is 12.1. The van der Waals surface area contributed by atoms with Gasteiger partial charge in [-0.05, 0) is 24.3 Å². The van der Waals surface area contributed by atoms with E-state index in [1.54, 1.807) is 6.08 Å². The molecular formula is C21H12ClN3O2S. The van der Waals surface area contributed by atoms with E-state index in [4.69, 9.17) is 16.0 Å². The van der Waals surface area contributed by atoms with Crippen LogP contribution in [0.2, 0.25) is 5.02 Å². The molecule has 2 aromatic carbocycles. The van der Waals surface area contributed by atoms with Crippen molar-refractivity contribution in [3.8, 4) is 22.7 Å². The van der Waals surface area contributed by atoms with Crippen LogP contribution in [0.25, 0.3) is 33.7 Å². The summed E-state index contributed by atoms with van der Waals surface area (Å²) in [5.41, 5.74) is 1.46. The number of thiazole rings is 1. The van der Waals surface area contributed by atoms with Crippen LogP contribution in [0.1, 0.15) is 5.76 Å². The Morgan fingerprint density at radius 1 is 1.00 bits per heavy atom. The summed E-state index contributed by atoms with van der Waals surface area (Å²) < 4.78 is 7.69. The largest absolute Gasteiger partial charge is 0.457 e. The molecule has 0 aliphatic rings. The van der Waals surface area contributed by atoms with E-state index in [0.717, 1.165) is 11.1 Å². The first-order valence-electron chi connectivity index (χ1n) is 8.50. The van der Waals surface area contributed by atoms with E-state index in [1.165, 1.54) is 15.9 Å². The number of benzene rings is 2. The zero-order chi connectivity index (χ0) is 19.1. The fourth-order valence-corrected chi connectivity index (χ4v) is 4.03. The van der Waals surface area contributed by atoms with Gasteiger partial charge in [-0.3, -0.25) is 4.79 Å². The highest BCUT2D eigenvalue weighted by Gasteiger charge is 2.12. The van der Waals surface area contributed by atoms with Crippen LogP contribution in [0.3, 0.4) is 0 Å². The van der Waals surface area contributed by atoms with Gasteiger partial charge < -0.3 is 4.42 Å². The average Bonchev–Trinajstić information content (AvgIpc) is 3.41. The molecule has 0 aliphatic carbocycles. The van der Waals surface area contributed by atoms with E-state index in [-0.39, 0.29) is 5.56 Å². The Labute approximate surface area is 168 Å². The lowest BCUT2D eigenvalue weighted by Gasteiger charge is -1.98. The number of hydrogen-bond acceptors (Lipinski definition) is 5. The maximum atomic E-state index is 12.7. The molecule has 0 aliphatic heterocycles. The van der Waals surface area contributed by atoms with Gasteiger partial charge in [0.15, 0.2) is 5.82 Å². The summed E-state index contributed by atoms with van der Waals surface area (Å²) in [6.07, 6.45) is 1.70. The van der Waals surface area contributed by atoms with Crippen molar-refractivity contribution in [2.75, 3.05) is 0 Å². The van der Waals surface area contributed by atoms with Crippen LogP contribution in [-0.4, -0.2) is 14.6 Å². The molecule has 0 fully saturated rings. The average molecular weight is 406 g/mol. The molecule has 136 valence electrons. The van der Waals surface area contributed by atoms with E-state index in [9.17, 15) is 4.79 Å². The van der Waals surface area contributed by atoms with Crippen molar-refractivity contribution in [3.63, 3.8) is 0 Å². The van der Waals surface area contributed by atoms with Crippen molar-refractivity contribution >= 4 is 34.0 Å². The minimum Gasteiger partial charge on any atom is -0.457 e. The topological polar surface area (TPSA) is 60.4 Å². The van der Waals surface area contributed by atoms with Gasteiger partial charge in [-0.1, -0.05) is 65.4 Å². The molecule has 0 spiro atoms. The molecule has 7 heteroatoms. The highest BCUT2D eigenvalue weighted by molar-refractivity contribution is 7.15. The maximum absolute atomic E-state index is 12.7. The van der Waals surface area contributed by atoms with Crippen molar-refractivity contribution in [3.05, 3.63) is 92.4 Å². The standard InChI is InChI=1S/C21H12ClN3O2S/c22-16-9-5-4-8-15(16)17-11-10-14(27-17)12-18-20(26)25-21(28-18)23-19(24-25)13-6-2-1-3-7-13/h1-12H. The fraction of sp³-hybridized carbons (Fsp3) is 0. The van der Waals surface area contributed by atoms with E-state index in [1.807, 2.05) is 66.7 Å². The Kier molecular flexibility index (Phi) is 4.07. The van der Waals surface area contributed by atoms with Gasteiger partial charge in [0.2, 0.25) is 4.96 Å². The number of fused-ring (bicyclic) bond motifs is 1. The van der Waals surface area contributed by atoms with Gasteiger partial charge >= 0.3 is 0 Å². The zero-order valence-electron chi connectivity index (χ0n) is 14.4. The van der Waals surface area contributed by atoms with Crippen molar-refractivity contribution < 1.29 is 4.42 Å². The molecule has 0 amide bonds. The highest BCUT2D eigenvalue weighted by Crippen LogP contribution is 2.29. The summed E-state index contributed by atoms with van der Waals surface area (Å²) in [6.45, 7) is 0. The number of hydrogen-bond donors (Lipinski definition) is 0. The maximum Gasteiger partial charge on any atom is 0.291 e. The second-order valence-corrected chi connectivity index (χ2v) is 7.51. The summed E-state index contributed by atoms with van der Waals surface area (Å²) in [5.74, 6) is 1.75. The molecule has 3 aromatic heterocycles. The Morgan fingerprint density at radius 2 is 1.79 bits per heavy atom. The molecule has 0 atom stereocenters. The summed E-state index contributed by atoms with van der Waals surface area (Å²) in [5, 5.41) is 4.96. The zero-order valence-corrected chi connectivity index (χ0v) is 15.9. The molecule has 5 aromatic rings. The van der Waals surface area contributed by atoms with Crippen LogP contribution in [0, 0.1) is 0 Å². The van der Waals surface area contributed by atoms with E-state index in [0.29, 0.717) is 31.9 Å². The summed E-state index contributed by atoms with van der Waals surface area (Å²) in [4.78, 5) is 17.7. The molecule has 0 N–H and O–H groups in total. The van der Waals surface area contributed by atoms with Gasteiger partial charge in [0, 0.05) is 17.2 Å². The quantitative estimate of drug-likeness (QED) is 0.449. The number of nitrogens with zero attached hydrogens (tertiary/aromatic N) is 3. The molecule has 0 unspecified atom stereocenters. The van der Waals surface area contributed by atoms with Crippen molar-refractivity contribution in [1.29, 1.82) is 0 Å². The lowest BCUT2D eigenvalue weighted by Crippen LogP contribution is -2.23.